The molecule has 0 aromatic heterocycles. The Kier molecular flexibility index (Phi) is 8.46. The van der Waals surface area contributed by atoms with Crippen LogP contribution in [-0.2, 0) is 4.79 Å². The number of para-hydroxylation sites is 1. The van der Waals surface area contributed by atoms with Crippen molar-refractivity contribution in [2.45, 2.75) is 11.3 Å². The van der Waals surface area contributed by atoms with Gasteiger partial charge < -0.3 is 14.6 Å². The molecule has 172 valence electrons. The van der Waals surface area contributed by atoms with E-state index < -0.39 is 18.9 Å². The van der Waals surface area contributed by atoms with Crippen molar-refractivity contribution in [1.29, 1.82) is 0 Å². The fourth-order valence-electron chi connectivity index (χ4n) is 2.95. The summed E-state index contributed by atoms with van der Waals surface area (Å²) in [4.78, 5) is 11.5. The fourth-order valence-corrected chi connectivity index (χ4v) is 4.41. The molecule has 0 atom stereocenters. The second-order valence-corrected chi connectivity index (χ2v) is 8.56. The van der Waals surface area contributed by atoms with Gasteiger partial charge in [-0.2, -0.15) is 0 Å². The number of halogens is 4. The molecule has 33 heavy (non-hydrogen) atoms. The molecule has 0 saturated heterocycles. The Morgan fingerprint density at radius 3 is 2.36 bits per heavy atom. The average molecular weight is 539 g/mol. The Morgan fingerprint density at radius 2 is 1.70 bits per heavy atom. The van der Waals surface area contributed by atoms with Crippen LogP contribution >= 0.6 is 27.7 Å². The van der Waals surface area contributed by atoms with Crippen molar-refractivity contribution in [2.75, 3.05) is 12.4 Å². The maximum atomic E-state index is 12.9. The lowest BCUT2D eigenvalue weighted by Crippen LogP contribution is -2.18. The first kappa shape index (κ1) is 24.7. The van der Waals surface area contributed by atoms with Gasteiger partial charge in [-0.25, -0.2) is 4.79 Å². The van der Waals surface area contributed by atoms with Crippen molar-refractivity contribution in [3.05, 3.63) is 94.5 Å². The van der Waals surface area contributed by atoms with Crippen LogP contribution in [0.25, 0.3) is 5.57 Å². The fraction of sp³-hybridized carbons (Fsp3) is 0.125. The minimum absolute atomic E-state index is 0.271. The number of aliphatic carboxylic acids is 1. The van der Waals surface area contributed by atoms with E-state index in [-0.39, 0.29) is 5.75 Å². The molecule has 1 N–H and O–H groups in total. The third-order valence-electron chi connectivity index (χ3n) is 4.28. The van der Waals surface area contributed by atoms with Crippen LogP contribution in [0.3, 0.4) is 0 Å². The van der Waals surface area contributed by atoms with E-state index in [4.69, 9.17) is 9.84 Å². The van der Waals surface area contributed by atoms with Gasteiger partial charge in [-0.05, 0) is 51.3 Å². The maximum absolute atomic E-state index is 12.9. The summed E-state index contributed by atoms with van der Waals surface area (Å²) in [6, 6.07) is 20.4. The van der Waals surface area contributed by atoms with Crippen LogP contribution in [0, 0.1) is 0 Å². The van der Waals surface area contributed by atoms with E-state index in [9.17, 15) is 18.0 Å². The van der Waals surface area contributed by atoms with Gasteiger partial charge in [-0.1, -0.05) is 54.6 Å². The molecular weight excluding hydrogens is 521 g/mol. The predicted molar refractivity (Wildman–Crippen MR) is 125 cm³/mol. The Balaban J connectivity index is 1.85. The lowest BCUT2D eigenvalue weighted by Gasteiger charge is -2.16. The van der Waals surface area contributed by atoms with Crippen LogP contribution in [0.15, 0.2) is 88.2 Å². The van der Waals surface area contributed by atoms with E-state index >= 15 is 0 Å². The molecule has 4 nitrogen and oxygen atoms in total. The monoisotopic (exact) mass is 538 g/mol. The molecule has 0 heterocycles. The number of carboxylic acids is 1. The number of ether oxygens (including phenoxy) is 2. The molecule has 0 bridgehead atoms. The van der Waals surface area contributed by atoms with Crippen molar-refractivity contribution in [2.24, 2.45) is 0 Å². The van der Waals surface area contributed by atoms with E-state index in [2.05, 4.69) is 20.7 Å². The highest BCUT2D eigenvalue weighted by Gasteiger charge is 2.32. The highest BCUT2D eigenvalue weighted by atomic mass is 79.9. The summed E-state index contributed by atoms with van der Waals surface area (Å²) >= 11 is 4.82. The number of carbonyl (C=O) groups is 1. The zero-order valence-corrected chi connectivity index (χ0v) is 19.4. The van der Waals surface area contributed by atoms with E-state index in [0.29, 0.717) is 27.1 Å². The number of benzene rings is 3. The molecule has 0 spiro atoms. The molecule has 0 aliphatic carbocycles. The Labute approximate surface area is 201 Å². The highest BCUT2D eigenvalue weighted by Crippen LogP contribution is 2.35. The average Bonchev–Trinajstić information content (AvgIpc) is 2.76. The Bertz CT molecular complexity index is 1130. The third kappa shape index (κ3) is 7.57. The van der Waals surface area contributed by atoms with Gasteiger partial charge in [0, 0.05) is 16.2 Å². The van der Waals surface area contributed by atoms with Gasteiger partial charge in [-0.3, -0.25) is 0 Å². The summed E-state index contributed by atoms with van der Waals surface area (Å²) in [6.45, 7) is -0.451. The number of rotatable bonds is 9. The largest absolute Gasteiger partial charge is 0.573 e. The molecule has 0 unspecified atom stereocenters. The minimum atomic E-state index is -4.80. The van der Waals surface area contributed by atoms with Crippen LogP contribution in [0.1, 0.15) is 11.1 Å². The van der Waals surface area contributed by atoms with E-state index in [0.717, 1.165) is 10.5 Å². The van der Waals surface area contributed by atoms with Crippen molar-refractivity contribution in [3.63, 3.8) is 0 Å². The number of carboxylic acid groups (broad SMARTS) is 1. The molecular formula is C24H18BrF3O4S. The third-order valence-corrected chi connectivity index (χ3v) is 5.82. The smallest absolute Gasteiger partial charge is 0.481 e. The molecule has 0 radical (unpaired) electrons. The summed E-state index contributed by atoms with van der Waals surface area (Å²) in [5.41, 5.74) is 1.71. The first-order valence-electron chi connectivity index (χ1n) is 9.60. The topological polar surface area (TPSA) is 55.8 Å². The van der Waals surface area contributed by atoms with Crippen LogP contribution in [0.4, 0.5) is 13.2 Å². The lowest BCUT2D eigenvalue weighted by molar-refractivity contribution is -0.274. The quantitative estimate of drug-likeness (QED) is 0.296. The number of hydrogen-bond acceptors (Lipinski definition) is 4. The van der Waals surface area contributed by atoms with Gasteiger partial charge in [0.1, 0.15) is 11.5 Å². The van der Waals surface area contributed by atoms with Gasteiger partial charge in [0.15, 0.2) is 6.61 Å². The molecule has 3 aromatic rings. The SMILES string of the molecule is O=C(O)COc1ccc(SCC=C(c2ccccc2)c2ccccc2OC(F)(F)F)cc1Br. The zero-order valence-electron chi connectivity index (χ0n) is 17.0. The van der Waals surface area contributed by atoms with E-state index in [1.807, 2.05) is 36.4 Å². The first-order chi connectivity index (χ1) is 15.7. The summed E-state index contributed by atoms with van der Waals surface area (Å²) in [5.74, 6) is -0.478. The molecule has 3 aromatic carbocycles. The van der Waals surface area contributed by atoms with Gasteiger partial charge in [0.25, 0.3) is 0 Å². The van der Waals surface area contributed by atoms with Crippen LogP contribution in [0.5, 0.6) is 11.5 Å². The van der Waals surface area contributed by atoms with Gasteiger partial charge in [0.2, 0.25) is 0 Å². The zero-order chi connectivity index (χ0) is 23.8. The molecule has 0 amide bonds. The second kappa shape index (κ2) is 11.3. The van der Waals surface area contributed by atoms with Gasteiger partial charge >= 0.3 is 12.3 Å². The van der Waals surface area contributed by atoms with E-state index in [1.165, 1.54) is 23.9 Å². The lowest BCUT2D eigenvalue weighted by atomic mass is 9.97. The highest BCUT2D eigenvalue weighted by molar-refractivity contribution is 9.10. The standard InChI is InChI=1S/C24H18BrF3O4S/c25-20-14-17(10-11-22(20)31-15-23(29)30)33-13-12-18(16-6-2-1-3-7-16)19-8-4-5-9-21(19)32-24(26,27)28/h1-12,14H,13,15H2,(H,29,30). The Hall–Kier alpha value is -2.91. The minimum Gasteiger partial charge on any atom is -0.481 e. The van der Waals surface area contributed by atoms with Crippen molar-refractivity contribution in [3.8, 4) is 11.5 Å². The first-order valence-corrected chi connectivity index (χ1v) is 11.4. The molecule has 0 saturated carbocycles. The summed E-state index contributed by atoms with van der Waals surface area (Å²) < 4.78 is 48.9. The van der Waals surface area contributed by atoms with Crippen molar-refractivity contribution < 1.29 is 32.5 Å². The molecule has 9 heteroatoms. The Morgan fingerprint density at radius 1 is 1.00 bits per heavy atom. The number of hydrogen-bond donors (Lipinski definition) is 1. The summed E-state index contributed by atoms with van der Waals surface area (Å²) in [7, 11) is 0. The normalized spacial score (nSPS) is 11.8. The predicted octanol–water partition coefficient (Wildman–Crippen LogP) is 7.04. The maximum Gasteiger partial charge on any atom is 0.573 e. The van der Waals surface area contributed by atoms with Crippen molar-refractivity contribution in [1.82, 2.24) is 0 Å². The van der Waals surface area contributed by atoms with Crippen LogP contribution in [-0.4, -0.2) is 29.8 Å². The van der Waals surface area contributed by atoms with Gasteiger partial charge in [0.05, 0.1) is 4.47 Å². The number of thioether (sulfide) groups is 1. The molecule has 0 aliphatic heterocycles. The number of alkyl halides is 3. The second-order valence-electron chi connectivity index (χ2n) is 6.61. The van der Waals surface area contributed by atoms with Gasteiger partial charge in [-0.15, -0.1) is 24.9 Å². The molecule has 0 fully saturated rings. The summed E-state index contributed by atoms with van der Waals surface area (Å²) in [5, 5.41) is 8.74. The molecule has 0 aliphatic rings. The van der Waals surface area contributed by atoms with E-state index in [1.54, 1.807) is 30.3 Å². The van der Waals surface area contributed by atoms with Crippen LogP contribution in [0.2, 0.25) is 0 Å². The summed E-state index contributed by atoms with van der Waals surface area (Å²) in [6.07, 6.45) is -2.95. The van der Waals surface area contributed by atoms with Crippen LogP contribution < -0.4 is 9.47 Å². The molecule has 3 rings (SSSR count). The van der Waals surface area contributed by atoms with Crippen molar-refractivity contribution >= 4 is 39.2 Å².